The van der Waals surface area contributed by atoms with Gasteiger partial charge in [0.15, 0.2) is 0 Å². The fourth-order valence-electron chi connectivity index (χ4n) is 2.49. The van der Waals surface area contributed by atoms with Gasteiger partial charge in [-0.2, -0.15) is 0 Å². The topological polar surface area (TPSA) is 38.5 Å². The van der Waals surface area contributed by atoms with Crippen LogP contribution in [0, 0.1) is 0 Å². The second-order valence-corrected chi connectivity index (χ2v) is 5.41. The highest BCUT2D eigenvalue weighted by atomic mass is 35.5. The molecule has 0 radical (unpaired) electrons. The molecule has 104 valence electrons. The third-order valence-electron chi connectivity index (χ3n) is 3.52. The molecular formula is C16H17ClN2O. The third-order valence-corrected chi connectivity index (χ3v) is 3.81. The summed E-state index contributed by atoms with van der Waals surface area (Å²) in [7, 11) is 0. The van der Waals surface area contributed by atoms with Gasteiger partial charge in [0, 0.05) is 24.3 Å². The molecule has 2 aromatic rings. The maximum Gasteiger partial charge on any atom is 0.138 e. The lowest BCUT2D eigenvalue weighted by Gasteiger charge is -2.19. The zero-order valence-corrected chi connectivity index (χ0v) is 11.9. The average molecular weight is 289 g/mol. The number of anilines is 2. The van der Waals surface area contributed by atoms with Crippen molar-refractivity contribution in [2.24, 2.45) is 0 Å². The van der Waals surface area contributed by atoms with E-state index in [1.807, 2.05) is 18.2 Å². The Morgan fingerprint density at radius 2 is 1.95 bits per heavy atom. The Morgan fingerprint density at radius 1 is 1.15 bits per heavy atom. The number of nitrogens with zero attached hydrogens (tertiary/aromatic N) is 1. The quantitative estimate of drug-likeness (QED) is 0.878. The fourth-order valence-corrected chi connectivity index (χ4v) is 2.72. The summed E-state index contributed by atoms with van der Waals surface area (Å²) in [5, 5.41) is 0.572. The first-order valence-electron chi connectivity index (χ1n) is 6.74. The molecular weight excluding hydrogens is 272 g/mol. The molecule has 1 aliphatic rings. The number of para-hydroxylation sites is 1. The molecule has 1 aliphatic heterocycles. The molecule has 2 aromatic carbocycles. The van der Waals surface area contributed by atoms with E-state index in [0.717, 1.165) is 19.5 Å². The summed E-state index contributed by atoms with van der Waals surface area (Å²) < 4.78 is 5.98. The first-order chi connectivity index (χ1) is 9.72. The molecule has 1 heterocycles. The van der Waals surface area contributed by atoms with E-state index < -0.39 is 0 Å². The van der Waals surface area contributed by atoms with Crippen LogP contribution in [0.15, 0.2) is 48.5 Å². The van der Waals surface area contributed by atoms with Gasteiger partial charge in [0.05, 0.1) is 11.6 Å². The van der Waals surface area contributed by atoms with Crippen molar-refractivity contribution in [3.05, 3.63) is 53.6 Å². The van der Waals surface area contributed by atoms with Gasteiger partial charge in [-0.15, -0.1) is 0 Å². The molecule has 3 rings (SSSR count). The van der Waals surface area contributed by atoms with Crippen LogP contribution in [0.3, 0.4) is 0 Å². The van der Waals surface area contributed by atoms with E-state index in [1.165, 1.54) is 5.69 Å². The minimum absolute atomic E-state index is 0.163. The van der Waals surface area contributed by atoms with Gasteiger partial charge in [0.25, 0.3) is 0 Å². The fraction of sp³-hybridized carbons (Fsp3) is 0.250. The summed E-state index contributed by atoms with van der Waals surface area (Å²) in [6, 6.07) is 15.8. The predicted octanol–water partition coefficient (Wildman–Crippen LogP) is 3.58. The van der Waals surface area contributed by atoms with Gasteiger partial charge in [-0.1, -0.05) is 29.8 Å². The summed E-state index contributed by atoms with van der Waals surface area (Å²) in [5.74, 6) is 0.709. The minimum Gasteiger partial charge on any atom is -0.487 e. The number of ether oxygens (including phenoxy) is 1. The Balaban J connectivity index is 1.66. The van der Waals surface area contributed by atoms with Crippen molar-refractivity contribution >= 4 is 23.0 Å². The summed E-state index contributed by atoms with van der Waals surface area (Å²) in [5.41, 5.74) is 7.58. The standard InChI is InChI=1S/C16H17ClN2O/c17-15-10-12(18)6-7-16(15)20-14-8-9-19(11-14)13-4-2-1-3-5-13/h1-7,10,14H,8-9,11,18H2/t14-/m0/s1. The second kappa shape index (κ2) is 5.63. The zero-order chi connectivity index (χ0) is 13.9. The average Bonchev–Trinajstić information content (AvgIpc) is 2.92. The molecule has 3 nitrogen and oxygen atoms in total. The molecule has 2 N–H and O–H groups in total. The van der Waals surface area contributed by atoms with Gasteiger partial charge < -0.3 is 15.4 Å². The lowest BCUT2D eigenvalue weighted by molar-refractivity contribution is 0.225. The number of nitrogens with two attached hydrogens (primary N) is 1. The van der Waals surface area contributed by atoms with E-state index in [-0.39, 0.29) is 6.10 Å². The van der Waals surface area contributed by atoms with Crippen LogP contribution in [-0.4, -0.2) is 19.2 Å². The van der Waals surface area contributed by atoms with Crippen molar-refractivity contribution in [3.63, 3.8) is 0 Å². The molecule has 0 aromatic heterocycles. The van der Waals surface area contributed by atoms with Gasteiger partial charge in [-0.25, -0.2) is 0 Å². The van der Waals surface area contributed by atoms with E-state index in [1.54, 1.807) is 6.07 Å². The number of nitrogen functional groups attached to an aromatic ring is 1. The number of rotatable bonds is 3. The number of halogens is 1. The maximum absolute atomic E-state index is 6.14. The molecule has 1 atom stereocenters. The van der Waals surface area contributed by atoms with Crippen LogP contribution in [0.4, 0.5) is 11.4 Å². The van der Waals surface area contributed by atoms with Crippen LogP contribution in [0.1, 0.15) is 6.42 Å². The molecule has 0 spiro atoms. The maximum atomic E-state index is 6.14. The predicted molar refractivity (Wildman–Crippen MR) is 83.6 cm³/mol. The van der Waals surface area contributed by atoms with Gasteiger partial charge >= 0.3 is 0 Å². The molecule has 1 saturated heterocycles. The molecule has 0 saturated carbocycles. The zero-order valence-electron chi connectivity index (χ0n) is 11.1. The highest BCUT2D eigenvalue weighted by molar-refractivity contribution is 6.32. The van der Waals surface area contributed by atoms with Crippen LogP contribution >= 0.6 is 11.6 Å². The van der Waals surface area contributed by atoms with Crippen LogP contribution in [0.25, 0.3) is 0 Å². The van der Waals surface area contributed by atoms with E-state index in [2.05, 4.69) is 29.2 Å². The van der Waals surface area contributed by atoms with Gasteiger partial charge in [0.1, 0.15) is 11.9 Å². The van der Waals surface area contributed by atoms with Gasteiger partial charge in [-0.3, -0.25) is 0 Å². The van der Waals surface area contributed by atoms with Crippen LogP contribution < -0.4 is 15.4 Å². The Morgan fingerprint density at radius 3 is 2.70 bits per heavy atom. The van der Waals surface area contributed by atoms with Crippen LogP contribution in [0.5, 0.6) is 5.75 Å². The molecule has 4 heteroatoms. The van der Waals surface area contributed by atoms with E-state index in [4.69, 9.17) is 22.1 Å². The summed E-state index contributed by atoms with van der Waals surface area (Å²) in [6.07, 6.45) is 1.16. The molecule has 20 heavy (non-hydrogen) atoms. The molecule has 0 unspecified atom stereocenters. The van der Waals surface area contributed by atoms with E-state index >= 15 is 0 Å². The van der Waals surface area contributed by atoms with E-state index in [0.29, 0.717) is 16.5 Å². The minimum atomic E-state index is 0.163. The van der Waals surface area contributed by atoms with Gasteiger partial charge in [0.2, 0.25) is 0 Å². The first-order valence-corrected chi connectivity index (χ1v) is 7.12. The normalized spacial score (nSPS) is 18.2. The summed E-state index contributed by atoms with van der Waals surface area (Å²) in [6.45, 7) is 1.88. The van der Waals surface area contributed by atoms with Crippen molar-refractivity contribution in [2.45, 2.75) is 12.5 Å². The Labute approximate surface area is 123 Å². The monoisotopic (exact) mass is 288 g/mol. The van der Waals surface area contributed by atoms with Gasteiger partial charge in [-0.05, 0) is 30.3 Å². The van der Waals surface area contributed by atoms with Crippen LogP contribution in [0.2, 0.25) is 5.02 Å². The summed E-state index contributed by atoms with van der Waals surface area (Å²) >= 11 is 6.14. The Bertz CT molecular complexity index is 588. The lowest BCUT2D eigenvalue weighted by Crippen LogP contribution is -2.24. The Hall–Kier alpha value is -1.87. The highest BCUT2D eigenvalue weighted by Crippen LogP contribution is 2.29. The number of benzene rings is 2. The largest absolute Gasteiger partial charge is 0.487 e. The number of hydrogen-bond acceptors (Lipinski definition) is 3. The van der Waals surface area contributed by atoms with E-state index in [9.17, 15) is 0 Å². The molecule has 0 aliphatic carbocycles. The smallest absolute Gasteiger partial charge is 0.138 e. The SMILES string of the molecule is Nc1ccc(O[C@H]2CCN(c3ccccc3)C2)c(Cl)c1. The number of hydrogen-bond donors (Lipinski definition) is 1. The third kappa shape index (κ3) is 2.83. The van der Waals surface area contributed by atoms with Crippen molar-refractivity contribution in [1.29, 1.82) is 0 Å². The van der Waals surface area contributed by atoms with Crippen molar-refractivity contribution in [1.82, 2.24) is 0 Å². The Kier molecular flexibility index (Phi) is 3.70. The lowest BCUT2D eigenvalue weighted by atomic mass is 10.3. The van der Waals surface area contributed by atoms with Crippen molar-refractivity contribution in [3.8, 4) is 5.75 Å². The molecule has 0 bridgehead atoms. The first kappa shape index (κ1) is 13.1. The highest BCUT2D eigenvalue weighted by Gasteiger charge is 2.24. The summed E-state index contributed by atoms with van der Waals surface area (Å²) in [4.78, 5) is 2.33. The molecule has 0 amide bonds. The molecule has 1 fully saturated rings. The van der Waals surface area contributed by atoms with Crippen molar-refractivity contribution in [2.75, 3.05) is 23.7 Å². The van der Waals surface area contributed by atoms with Crippen LogP contribution in [-0.2, 0) is 0 Å². The van der Waals surface area contributed by atoms with Crippen molar-refractivity contribution < 1.29 is 4.74 Å². The second-order valence-electron chi connectivity index (χ2n) is 5.00.